The van der Waals surface area contributed by atoms with E-state index in [0.29, 0.717) is 29.3 Å². The van der Waals surface area contributed by atoms with Crippen molar-refractivity contribution >= 4 is 23.2 Å². The molecular weight excluding hydrogens is 510 g/mol. The second-order valence-electron chi connectivity index (χ2n) is 9.49. The summed E-state index contributed by atoms with van der Waals surface area (Å²) in [6.07, 6.45) is 0.127. The molecule has 0 radical (unpaired) electrons. The van der Waals surface area contributed by atoms with Gasteiger partial charge in [0, 0.05) is 29.9 Å². The number of nitro groups is 1. The molecule has 4 aromatic carbocycles. The molecule has 0 saturated heterocycles. The summed E-state index contributed by atoms with van der Waals surface area (Å²) in [6, 6.07) is 26.2. The summed E-state index contributed by atoms with van der Waals surface area (Å²) in [5.41, 5.74) is 4.51. The Balaban J connectivity index is 1.33. The molecular formula is C31H27N3O6. The SMILES string of the molecule is Cc1ccc(CN(C(=O)c2ccc([N+](=O)[O-])cc2)c2cccc(CC(=O)NCc3ccc4c(c3)OCO4)c2)cc1. The van der Waals surface area contributed by atoms with Gasteiger partial charge < -0.3 is 19.7 Å². The molecule has 5 rings (SSSR count). The summed E-state index contributed by atoms with van der Waals surface area (Å²) in [6.45, 7) is 2.81. The van der Waals surface area contributed by atoms with Crippen LogP contribution in [0.25, 0.3) is 0 Å². The number of benzene rings is 4. The summed E-state index contributed by atoms with van der Waals surface area (Å²) in [5.74, 6) is 0.873. The third kappa shape index (κ3) is 6.27. The zero-order chi connectivity index (χ0) is 28.1. The van der Waals surface area contributed by atoms with Gasteiger partial charge in [-0.25, -0.2) is 0 Å². The van der Waals surface area contributed by atoms with E-state index in [9.17, 15) is 19.7 Å². The third-order valence-corrected chi connectivity index (χ3v) is 6.55. The molecule has 0 unspecified atom stereocenters. The lowest BCUT2D eigenvalue weighted by molar-refractivity contribution is -0.384. The fraction of sp³-hybridized carbons (Fsp3) is 0.161. The number of carbonyl (C=O) groups excluding carboxylic acids is 2. The molecule has 0 fully saturated rings. The summed E-state index contributed by atoms with van der Waals surface area (Å²) < 4.78 is 10.7. The molecule has 0 aliphatic carbocycles. The number of carbonyl (C=O) groups is 2. The summed E-state index contributed by atoms with van der Waals surface area (Å²) in [7, 11) is 0. The fourth-order valence-corrected chi connectivity index (χ4v) is 4.37. The van der Waals surface area contributed by atoms with Crippen molar-refractivity contribution in [1.82, 2.24) is 5.32 Å². The smallest absolute Gasteiger partial charge is 0.269 e. The highest BCUT2D eigenvalue weighted by atomic mass is 16.7. The predicted octanol–water partition coefficient (Wildman–Crippen LogP) is 5.34. The fourth-order valence-electron chi connectivity index (χ4n) is 4.37. The third-order valence-electron chi connectivity index (χ3n) is 6.55. The van der Waals surface area contributed by atoms with Crippen LogP contribution in [0.2, 0.25) is 0 Å². The Bertz CT molecular complexity index is 1550. The van der Waals surface area contributed by atoms with Crippen LogP contribution in [0.4, 0.5) is 11.4 Å². The highest BCUT2D eigenvalue weighted by molar-refractivity contribution is 6.06. The summed E-state index contributed by atoms with van der Waals surface area (Å²) >= 11 is 0. The van der Waals surface area contributed by atoms with Crippen LogP contribution in [-0.4, -0.2) is 23.5 Å². The van der Waals surface area contributed by atoms with Crippen LogP contribution >= 0.6 is 0 Å². The quantitative estimate of drug-likeness (QED) is 0.228. The minimum absolute atomic E-state index is 0.0876. The minimum atomic E-state index is -0.501. The van der Waals surface area contributed by atoms with Crippen LogP contribution in [0, 0.1) is 17.0 Å². The Kier molecular flexibility index (Phi) is 7.72. The van der Waals surface area contributed by atoms with E-state index >= 15 is 0 Å². The molecule has 40 heavy (non-hydrogen) atoms. The van der Waals surface area contributed by atoms with Gasteiger partial charge in [0.2, 0.25) is 12.7 Å². The normalized spacial score (nSPS) is 11.6. The van der Waals surface area contributed by atoms with Crippen molar-refractivity contribution < 1.29 is 24.0 Å². The van der Waals surface area contributed by atoms with Crippen molar-refractivity contribution in [3.63, 3.8) is 0 Å². The highest BCUT2D eigenvalue weighted by Crippen LogP contribution is 2.32. The number of fused-ring (bicyclic) bond motifs is 1. The molecule has 4 aromatic rings. The van der Waals surface area contributed by atoms with Crippen molar-refractivity contribution in [2.45, 2.75) is 26.4 Å². The molecule has 202 valence electrons. The first-order valence-corrected chi connectivity index (χ1v) is 12.7. The van der Waals surface area contributed by atoms with Gasteiger partial charge >= 0.3 is 0 Å². The van der Waals surface area contributed by atoms with Crippen LogP contribution in [0.3, 0.4) is 0 Å². The number of rotatable bonds is 9. The van der Waals surface area contributed by atoms with Gasteiger partial charge in [0.1, 0.15) is 0 Å². The Morgan fingerprint density at radius 2 is 1.60 bits per heavy atom. The number of nitrogens with zero attached hydrogens (tertiary/aromatic N) is 2. The van der Waals surface area contributed by atoms with Crippen molar-refractivity contribution in [3.05, 3.63) is 129 Å². The van der Waals surface area contributed by atoms with Gasteiger partial charge in [-0.05, 0) is 60.0 Å². The summed E-state index contributed by atoms with van der Waals surface area (Å²) in [5, 5.41) is 14.0. The van der Waals surface area contributed by atoms with Crippen molar-refractivity contribution in [1.29, 1.82) is 0 Å². The maximum Gasteiger partial charge on any atom is 0.269 e. The highest BCUT2D eigenvalue weighted by Gasteiger charge is 2.20. The van der Waals surface area contributed by atoms with Crippen LogP contribution < -0.4 is 19.7 Å². The lowest BCUT2D eigenvalue weighted by Crippen LogP contribution is -2.30. The van der Waals surface area contributed by atoms with Crippen LogP contribution in [0.5, 0.6) is 11.5 Å². The standard InChI is InChI=1S/C31H27N3O6/c1-21-5-7-22(8-6-21)19-33(31(36)25-10-12-26(13-11-25)34(37)38)27-4-2-3-23(15-27)17-30(35)32-18-24-9-14-28-29(16-24)40-20-39-28/h2-16H,17-20H2,1H3,(H,32,35). The maximum absolute atomic E-state index is 13.6. The van der Waals surface area contributed by atoms with Gasteiger partial charge in [-0.2, -0.15) is 0 Å². The van der Waals surface area contributed by atoms with E-state index in [-0.39, 0.29) is 37.3 Å². The lowest BCUT2D eigenvalue weighted by Gasteiger charge is -2.24. The van der Waals surface area contributed by atoms with Gasteiger partial charge in [0.05, 0.1) is 17.9 Å². The Morgan fingerprint density at radius 3 is 2.35 bits per heavy atom. The van der Waals surface area contributed by atoms with Crippen LogP contribution in [0.1, 0.15) is 32.6 Å². The predicted molar refractivity (Wildman–Crippen MR) is 149 cm³/mol. The first-order chi connectivity index (χ1) is 19.4. The van der Waals surface area contributed by atoms with Crippen LogP contribution in [0.15, 0.2) is 91.0 Å². The molecule has 9 heteroatoms. The second kappa shape index (κ2) is 11.7. The average molecular weight is 538 g/mol. The topological polar surface area (TPSA) is 111 Å². The van der Waals surface area contributed by atoms with Gasteiger partial charge in [-0.1, -0.05) is 48.0 Å². The number of amides is 2. The molecule has 0 spiro atoms. The van der Waals surface area contributed by atoms with Crippen molar-refractivity contribution in [3.8, 4) is 11.5 Å². The van der Waals surface area contributed by atoms with Gasteiger partial charge in [0.15, 0.2) is 11.5 Å². The number of hydrogen-bond acceptors (Lipinski definition) is 6. The largest absolute Gasteiger partial charge is 0.454 e. The van der Waals surface area contributed by atoms with E-state index in [1.807, 2.05) is 67.6 Å². The van der Waals surface area contributed by atoms with Gasteiger partial charge in [-0.15, -0.1) is 0 Å². The first-order valence-electron chi connectivity index (χ1n) is 12.7. The van der Waals surface area contributed by atoms with Gasteiger partial charge in [-0.3, -0.25) is 19.7 Å². The summed E-state index contributed by atoms with van der Waals surface area (Å²) in [4.78, 5) is 38.6. The minimum Gasteiger partial charge on any atom is -0.454 e. The number of ether oxygens (including phenoxy) is 2. The van der Waals surface area contributed by atoms with E-state index in [4.69, 9.17) is 9.47 Å². The van der Waals surface area contributed by atoms with Gasteiger partial charge in [0.25, 0.3) is 11.6 Å². The molecule has 1 heterocycles. The number of hydrogen-bond donors (Lipinski definition) is 1. The molecule has 0 aromatic heterocycles. The van der Waals surface area contributed by atoms with E-state index in [1.54, 1.807) is 11.0 Å². The molecule has 0 bridgehead atoms. The molecule has 1 aliphatic heterocycles. The zero-order valence-electron chi connectivity index (χ0n) is 21.8. The Morgan fingerprint density at radius 1 is 0.875 bits per heavy atom. The number of nitro benzene ring substituents is 1. The van der Waals surface area contributed by atoms with Crippen molar-refractivity contribution in [2.75, 3.05) is 11.7 Å². The van der Waals surface area contributed by atoms with Crippen molar-refractivity contribution in [2.24, 2.45) is 0 Å². The maximum atomic E-state index is 13.6. The van der Waals surface area contributed by atoms with E-state index in [0.717, 1.165) is 22.3 Å². The molecule has 9 nitrogen and oxygen atoms in total. The number of anilines is 1. The molecule has 1 N–H and O–H groups in total. The van der Waals surface area contributed by atoms with E-state index in [1.165, 1.54) is 24.3 Å². The molecule has 0 saturated carbocycles. The molecule has 2 amide bonds. The van der Waals surface area contributed by atoms with Crippen LogP contribution in [-0.2, 0) is 24.3 Å². The first kappa shape index (κ1) is 26.4. The lowest BCUT2D eigenvalue weighted by atomic mass is 10.1. The Labute approximate surface area is 231 Å². The monoisotopic (exact) mass is 537 g/mol. The Hall–Kier alpha value is -5.18. The zero-order valence-corrected chi connectivity index (χ0v) is 21.8. The number of nitrogens with one attached hydrogen (secondary N) is 1. The number of aryl methyl sites for hydroxylation is 1. The second-order valence-corrected chi connectivity index (χ2v) is 9.49. The van der Waals surface area contributed by atoms with E-state index in [2.05, 4.69) is 5.32 Å². The average Bonchev–Trinajstić information content (AvgIpc) is 3.44. The molecule has 1 aliphatic rings. The number of non-ortho nitro benzene ring substituents is 1. The molecule has 0 atom stereocenters. The van der Waals surface area contributed by atoms with E-state index < -0.39 is 4.92 Å².